The fourth-order valence-corrected chi connectivity index (χ4v) is 2.94. The zero-order valence-electron chi connectivity index (χ0n) is 17.3. The summed E-state index contributed by atoms with van der Waals surface area (Å²) in [7, 11) is 0. The highest BCUT2D eigenvalue weighted by molar-refractivity contribution is 5.93. The molecule has 1 heterocycles. The van der Waals surface area contributed by atoms with Gasteiger partial charge in [-0.25, -0.2) is 4.79 Å². The Balaban J connectivity index is 1.76. The minimum absolute atomic E-state index is 0.313. The van der Waals surface area contributed by atoms with Gasteiger partial charge in [0.05, 0.1) is 5.92 Å². The average Bonchev–Trinajstić information content (AvgIpc) is 2.61. The third kappa shape index (κ3) is 6.55. The van der Waals surface area contributed by atoms with E-state index in [9.17, 15) is 14.4 Å². The van der Waals surface area contributed by atoms with Crippen LogP contribution in [0.1, 0.15) is 44.7 Å². The summed E-state index contributed by atoms with van der Waals surface area (Å²) in [5, 5.41) is 2.77. The molecular formula is C21H30N2O5. The van der Waals surface area contributed by atoms with Crippen molar-refractivity contribution in [2.75, 3.05) is 25.0 Å². The molecule has 1 saturated heterocycles. The Morgan fingerprint density at radius 1 is 1.14 bits per heavy atom. The highest BCUT2D eigenvalue weighted by atomic mass is 16.6. The number of piperidine rings is 1. The molecule has 1 fully saturated rings. The second-order valence-electron chi connectivity index (χ2n) is 8.22. The number of nitrogens with one attached hydrogen (secondary N) is 1. The summed E-state index contributed by atoms with van der Waals surface area (Å²) in [5.41, 5.74) is 2.15. The minimum atomic E-state index is -0.546. The first-order valence-corrected chi connectivity index (χ1v) is 9.57. The number of carbonyl (C=O) groups is 3. The van der Waals surface area contributed by atoms with Crippen LogP contribution in [0, 0.1) is 19.8 Å². The lowest BCUT2D eigenvalue weighted by Crippen LogP contribution is -2.43. The highest BCUT2D eigenvalue weighted by Crippen LogP contribution is 2.21. The van der Waals surface area contributed by atoms with Crippen LogP contribution in [0.3, 0.4) is 0 Å². The Kier molecular flexibility index (Phi) is 7.05. The van der Waals surface area contributed by atoms with Gasteiger partial charge < -0.3 is 19.7 Å². The molecule has 0 radical (unpaired) electrons. The van der Waals surface area contributed by atoms with E-state index in [4.69, 9.17) is 9.47 Å². The first-order valence-electron chi connectivity index (χ1n) is 9.57. The number of esters is 1. The topological polar surface area (TPSA) is 84.9 Å². The fourth-order valence-electron chi connectivity index (χ4n) is 2.94. The van der Waals surface area contributed by atoms with Crippen LogP contribution in [-0.2, 0) is 19.1 Å². The van der Waals surface area contributed by atoms with Crippen LogP contribution in [0.15, 0.2) is 18.2 Å². The standard InChI is InChI=1S/C21H30N2O5/c1-14-6-7-15(2)17(12-14)22-18(24)13-27-19(25)16-8-10-23(11-9-16)20(26)28-21(3,4)5/h6-7,12,16H,8-11,13H2,1-5H3,(H,22,24). The molecule has 0 aliphatic carbocycles. The predicted octanol–water partition coefficient (Wildman–Crippen LogP) is 3.43. The van der Waals surface area contributed by atoms with E-state index in [1.807, 2.05) is 52.8 Å². The van der Waals surface area contributed by atoms with Gasteiger partial charge in [-0.2, -0.15) is 0 Å². The van der Waals surface area contributed by atoms with Crippen molar-refractivity contribution in [3.63, 3.8) is 0 Å². The van der Waals surface area contributed by atoms with Gasteiger partial charge in [-0.1, -0.05) is 12.1 Å². The van der Waals surface area contributed by atoms with Crippen LogP contribution >= 0.6 is 0 Å². The van der Waals surface area contributed by atoms with Gasteiger partial charge in [0.2, 0.25) is 0 Å². The van der Waals surface area contributed by atoms with Gasteiger partial charge in [-0.15, -0.1) is 0 Å². The van der Waals surface area contributed by atoms with Crippen LogP contribution in [0.5, 0.6) is 0 Å². The smallest absolute Gasteiger partial charge is 0.410 e. The molecule has 0 saturated carbocycles. The number of aryl methyl sites for hydroxylation is 2. The summed E-state index contributed by atoms with van der Waals surface area (Å²) < 4.78 is 10.5. The molecule has 7 heteroatoms. The van der Waals surface area contributed by atoms with Crippen LogP contribution in [-0.4, -0.2) is 48.2 Å². The molecule has 2 rings (SSSR count). The van der Waals surface area contributed by atoms with Crippen LogP contribution in [0.25, 0.3) is 0 Å². The molecule has 28 heavy (non-hydrogen) atoms. The molecule has 2 amide bonds. The first kappa shape index (κ1) is 21.7. The summed E-state index contributed by atoms with van der Waals surface area (Å²) in [5.74, 6) is -1.08. The van der Waals surface area contributed by atoms with E-state index in [2.05, 4.69) is 5.32 Å². The lowest BCUT2D eigenvalue weighted by molar-refractivity contribution is -0.153. The van der Waals surface area contributed by atoms with Crippen molar-refractivity contribution in [3.8, 4) is 0 Å². The molecule has 0 bridgehead atoms. The van der Waals surface area contributed by atoms with Crippen LogP contribution in [0.2, 0.25) is 0 Å². The van der Waals surface area contributed by atoms with Gasteiger partial charge >= 0.3 is 12.1 Å². The van der Waals surface area contributed by atoms with E-state index in [1.165, 1.54) is 0 Å². The molecule has 0 atom stereocenters. The Hall–Kier alpha value is -2.57. The molecule has 1 aliphatic heterocycles. The van der Waals surface area contributed by atoms with Crippen molar-refractivity contribution in [2.24, 2.45) is 5.92 Å². The summed E-state index contributed by atoms with van der Waals surface area (Å²) >= 11 is 0. The van der Waals surface area contributed by atoms with Crippen molar-refractivity contribution in [1.82, 2.24) is 4.90 Å². The maximum Gasteiger partial charge on any atom is 0.410 e. The van der Waals surface area contributed by atoms with Gasteiger partial charge in [-0.3, -0.25) is 9.59 Å². The van der Waals surface area contributed by atoms with Gasteiger partial charge in [0.15, 0.2) is 6.61 Å². The number of ether oxygens (including phenoxy) is 2. The Bertz CT molecular complexity index is 731. The lowest BCUT2D eigenvalue weighted by Gasteiger charge is -2.32. The van der Waals surface area contributed by atoms with Gasteiger partial charge in [0, 0.05) is 18.8 Å². The number of benzene rings is 1. The minimum Gasteiger partial charge on any atom is -0.455 e. The van der Waals surface area contributed by atoms with E-state index in [-0.39, 0.29) is 24.5 Å². The summed E-state index contributed by atoms with van der Waals surface area (Å²) in [4.78, 5) is 38.0. The van der Waals surface area contributed by atoms with Crippen molar-refractivity contribution in [1.29, 1.82) is 0 Å². The quantitative estimate of drug-likeness (QED) is 0.796. The van der Waals surface area contributed by atoms with Gasteiger partial charge in [-0.05, 0) is 64.7 Å². The third-order valence-electron chi connectivity index (χ3n) is 4.49. The van der Waals surface area contributed by atoms with E-state index in [0.717, 1.165) is 11.1 Å². The van der Waals surface area contributed by atoms with E-state index < -0.39 is 11.6 Å². The van der Waals surface area contributed by atoms with Gasteiger partial charge in [0.25, 0.3) is 5.91 Å². The zero-order chi connectivity index (χ0) is 20.9. The second kappa shape index (κ2) is 9.08. The number of rotatable bonds is 4. The normalized spacial score (nSPS) is 15.1. The molecule has 0 unspecified atom stereocenters. The summed E-state index contributed by atoms with van der Waals surface area (Å²) in [6.07, 6.45) is 0.625. The molecule has 1 aromatic carbocycles. The maximum absolute atomic E-state index is 12.2. The Labute approximate surface area is 166 Å². The zero-order valence-corrected chi connectivity index (χ0v) is 17.3. The molecule has 7 nitrogen and oxygen atoms in total. The molecule has 154 valence electrons. The van der Waals surface area contributed by atoms with Crippen molar-refractivity contribution < 1.29 is 23.9 Å². The monoisotopic (exact) mass is 390 g/mol. The van der Waals surface area contributed by atoms with Crippen molar-refractivity contribution in [3.05, 3.63) is 29.3 Å². The molecular weight excluding hydrogens is 360 g/mol. The van der Waals surface area contributed by atoms with Crippen LogP contribution in [0.4, 0.5) is 10.5 Å². The molecule has 0 spiro atoms. The predicted molar refractivity (Wildman–Crippen MR) is 106 cm³/mol. The third-order valence-corrected chi connectivity index (χ3v) is 4.49. The van der Waals surface area contributed by atoms with E-state index in [1.54, 1.807) is 4.90 Å². The van der Waals surface area contributed by atoms with Gasteiger partial charge in [0.1, 0.15) is 5.60 Å². The number of amides is 2. The Morgan fingerprint density at radius 3 is 2.39 bits per heavy atom. The highest BCUT2D eigenvalue weighted by Gasteiger charge is 2.30. The number of hydrogen-bond donors (Lipinski definition) is 1. The first-order chi connectivity index (χ1) is 13.0. The fraction of sp³-hybridized carbons (Fsp3) is 0.571. The largest absolute Gasteiger partial charge is 0.455 e. The molecule has 0 aromatic heterocycles. The molecule has 1 aromatic rings. The second-order valence-corrected chi connectivity index (χ2v) is 8.22. The van der Waals surface area contributed by atoms with E-state index >= 15 is 0 Å². The molecule has 1 aliphatic rings. The average molecular weight is 390 g/mol. The summed E-state index contributed by atoms with van der Waals surface area (Å²) in [6.45, 7) is 9.85. The maximum atomic E-state index is 12.2. The molecule has 1 N–H and O–H groups in total. The number of anilines is 1. The summed E-state index contributed by atoms with van der Waals surface area (Å²) in [6, 6.07) is 5.77. The SMILES string of the molecule is Cc1ccc(C)c(NC(=O)COC(=O)C2CCN(C(=O)OC(C)(C)C)CC2)c1. The van der Waals surface area contributed by atoms with E-state index in [0.29, 0.717) is 31.6 Å². The van der Waals surface area contributed by atoms with Crippen molar-refractivity contribution in [2.45, 2.75) is 53.1 Å². The lowest BCUT2D eigenvalue weighted by atomic mass is 9.97. The number of nitrogens with zero attached hydrogens (tertiary/aromatic N) is 1. The number of hydrogen-bond acceptors (Lipinski definition) is 5. The number of likely N-dealkylation sites (tertiary alicyclic amines) is 1. The van der Waals surface area contributed by atoms with Crippen LogP contribution < -0.4 is 5.32 Å². The number of carbonyl (C=O) groups excluding carboxylic acids is 3. The van der Waals surface area contributed by atoms with Crippen molar-refractivity contribution >= 4 is 23.7 Å². The Morgan fingerprint density at radius 2 is 1.79 bits per heavy atom.